The van der Waals surface area contributed by atoms with Gasteiger partial charge in [0.05, 0.1) is 6.20 Å². The summed E-state index contributed by atoms with van der Waals surface area (Å²) < 4.78 is 2.55. The average molecular weight is 222 g/mol. The number of hydrogen-bond acceptors (Lipinski definition) is 2. The third-order valence-electron chi connectivity index (χ3n) is 1.60. The molecule has 0 saturated heterocycles. The van der Waals surface area contributed by atoms with E-state index in [1.165, 1.54) is 0 Å². The van der Waals surface area contributed by atoms with E-state index in [0.717, 1.165) is 10.3 Å². The third-order valence-corrected chi connectivity index (χ3v) is 2.16. The molecule has 3 nitrogen and oxygen atoms in total. The fourth-order valence-corrected chi connectivity index (χ4v) is 1.56. The van der Waals surface area contributed by atoms with Crippen LogP contribution in [0.2, 0.25) is 0 Å². The SMILES string of the molecule is N#Cc1cccc2ncc(Br)n12. The van der Waals surface area contributed by atoms with Gasteiger partial charge in [-0.25, -0.2) is 4.98 Å². The predicted molar refractivity (Wildman–Crippen MR) is 47.6 cm³/mol. The van der Waals surface area contributed by atoms with Crippen LogP contribution >= 0.6 is 15.9 Å². The fourth-order valence-electron chi connectivity index (χ4n) is 1.09. The number of pyridine rings is 1. The lowest BCUT2D eigenvalue weighted by atomic mass is 10.4. The minimum Gasteiger partial charge on any atom is -0.278 e. The van der Waals surface area contributed by atoms with Gasteiger partial charge in [0.15, 0.2) is 0 Å². The van der Waals surface area contributed by atoms with Crippen LogP contribution in [0.4, 0.5) is 0 Å². The molecule has 0 spiro atoms. The Kier molecular flexibility index (Phi) is 1.59. The van der Waals surface area contributed by atoms with E-state index in [0.29, 0.717) is 5.69 Å². The summed E-state index contributed by atoms with van der Waals surface area (Å²) in [5.41, 5.74) is 1.36. The first kappa shape index (κ1) is 7.32. The minimum atomic E-state index is 0.580. The van der Waals surface area contributed by atoms with Gasteiger partial charge in [-0.3, -0.25) is 4.40 Å². The molecule has 0 unspecified atom stereocenters. The molecule has 0 aromatic carbocycles. The van der Waals surface area contributed by atoms with Crippen molar-refractivity contribution in [3.63, 3.8) is 0 Å². The Morgan fingerprint density at radius 1 is 1.50 bits per heavy atom. The number of halogens is 1. The third kappa shape index (κ3) is 0.908. The molecule has 58 valence electrons. The molecule has 0 aliphatic rings. The molecular formula is C8H4BrN3. The zero-order valence-electron chi connectivity index (χ0n) is 6.03. The van der Waals surface area contributed by atoms with E-state index in [-0.39, 0.29) is 0 Å². The second-order valence-electron chi connectivity index (χ2n) is 2.30. The van der Waals surface area contributed by atoms with Gasteiger partial charge in [0.1, 0.15) is 22.0 Å². The zero-order valence-corrected chi connectivity index (χ0v) is 7.62. The second kappa shape index (κ2) is 2.61. The summed E-state index contributed by atoms with van der Waals surface area (Å²) in [7, 11) is 0. The number of fused-ring (bicyclic) bond motifs is 1. The quantitative estimate of drug-likeness (QED) is 0.683. The lowest BCUT2D eigenvalue weighted by Gasteiger charge is -1.96. The van der Waals surface area contributed by atoms with Crippen LogP contribution in [0, 0.1) is 11.3 Å². The van der Waals surface area contributed by atoms with Crippen molar-refractivity contribution in [2.24, 2.45) is 0 Å². The Hall–Kier alpha value is -1.34. The van der Waals surface area contributed by atoms with Gasteiger partial charge in [0.25, 0.3) is 0 Å². The van der Waals surface area contributed by atoms with Gasteiger partial charge in [0.2, 0.25) is 0 Å². The Bertz CT molecular complexity index is 467. The van der Waals surface area contributed by atoms with E-state index in [4.69, 9.17) is 5.26 Å². The fraction of sp³-hybridized carbons (Fsp3) is 0. The second-order valence-corrected chi connectivity index (χ2v) is 3.11. The van der Waals surface area contributed by atoms with Gasteiger partial charge >= 0.3 is 0 Å². The molecule has 0 aliphatic carbocycles. The summed E-state index contributed by atoms with van der Waals surface area (Å²) >= 11 is 3.31. The Balaban J connectivity index is 2.96. The van der Waals surface area contributed by atoms with Crippen LogP contribution in [0.5, 0.6) is 0 Å². The first-order valence-corrected chi connectivity index (χ1v) is 4.14. The highest BCUT2D eigenvalue weighted by atomic mass is 79.9. The van der Waals surface area contributed by atoms with Gasteiger partial charge in [0, 0.05) is 0 Å². The van der Waals surface area contributed by atoms with Crippen molar-refractivity contribution in [2.75, 3.05) is 0 Å². The highest BCUT2D eigenvalue weighted by Gasteiger charge is 2.02. The van der Waals surface area contributed by atoms with E-state index in [2.05, 4.69) is 27.0 Å². The lowest BCUT2D eigenvalue weighted by molar-refractivity contribution is 1.11. The van der Waals surface area contributed by atoms with Crippen molar-refractivity contribution in [1.29, 1.82) is 5.26 Å². The molecular weight excluding hydrogens is 218 g/mol. The van der Waals surface area contributed by atoms with E-state index in [9.17, 15) is 0 Å². The first-order valence-electron chi connectivity index (χ1n) is 3.35. The molecule has 4 heteroatoms. The van der Waals surface area contributed by atoms with Crippen LogP contribution in [-0.4, -0.2) is 9.38 Å². The summed E-state index contributed by atoms with van der Waals surface area (Å²) in [6, 6.07) is 7.50. The van der Waals surface area contributed by atoms with E-state index < -0.39 is 0 Å². The van der Waals surface area contributed by atoms with E-state index >= 15 is 0 Å². The number of nitrogens with zero attached hydrogens (tertiary/aromatic N) is 3. The normalized spacial score (nSPS) is 10.0. The van der Waals surface area contributed by atoms with Gasteiger partial charge in [-0.15, -0.1) is 0 Å². The highest BCUT2D eigenvalue weighted by Crippen LogP contribution is 2.14. The van der Waals surface area contributed by atoms with Crippen LogP contribution in [0.1, 0.15) is 5.69 Å². The minimum absolute atomic E-state index is 0.580. The van der Waals surface area contributed by atoms with Crippen LogP contribution in [0.15, 0.2) is 29.0 Å². The predicted octanol–water partition coefficient (Wildman–Crippen LogP) is 1.97. The Morgan fingerprint density at radius 2 is 2.33 bits per heavy atom. The molecule has 0 bridgehead atoms. The summed E-state index contributed by atoms with van der Waals surface area (Å²) in [4.78, 5) is 4.09. The van der Waals surface area contributed by atoms with Crippen LogP contribution < -0.4 is 0 Å². The van der Waals surface area contributed by atoms with Gasteiger partial charge < -0.3 is 0 Å². The molecule has 2 rings (SSSR count). The van der Waals surface area contributed by atoms with E-state index in [1.807, 2.05) is 12.1 Å². The van der Waals surface area contributed by atoms with Crippen LogP contribution in [0.25, 0.3) is 5.65 Å². The van der Waals surface area contributed by atoms with Gasteiger partial charge in [-0.2, -0.15) is 5.26 Å². The van der Waals surface area contributed by atoms with Gasteiger partial charge in [-0.1, -0.05) is 6.07 Å². The van der Waals surface area contributed by atoms with Crippen LogP contribution in [-0.2, 0) is 0 Å². The van der Waals surface area contributed by atoms with Crippen molar-refractivity contribution >= 4 is 21.6 Å². The number of hydrogen-bond donors (Lipinski definition) is 0. The smallest absolute Gasteiger partial charge is 0.138 e. The molecule has 0 N–H and O–H groups in total. The maximum Gasteiger partial charge on any atom is 0.138 e. The van der Waals surface area contributed by atoms with Gasteiger partial charge in [-0.05, 0) is 28.1 Å². The molecule has 0 aliphatic heterocycles. The van der Waals surface area contributed by atoms with E-state index in [1.54, 1.807) is 16.7 Å². The van der Waals surface area contributed by atoms with Crippen molar-refractivity contribution in [1.82, 2.24) is 9.38 Å². The summed E-state index contributed by atoms with van der Waals surface area (Å²) in [6.07, 6.45) is 1.68. The highest BCUT2D eigenvalue weighted by molar-refractivity contribution is 9.10. The van der Waals surface area contributed by atoms with Crippen molar-refractivity contribution in [3.05, 3.63) is 34.7 Å². The largest absolute Gasteiger partial charge is 0.278 e. The number of nitriles is 1. The Morgan fingerprint density at radius 3 is 3.08 bits per heavy atom. The molecule has 0 atom stereocenters. The monoisotopic (exact) mass is 221 g/mol. The van der Waals surface area contributed by atoms with Crippen LogP contribution in [0.3, 0.4) is 0 Å². The molecule has 0 saturated carbocycles. The average Bonchev–Trinajstić information content (AvgIpc) is 2.48. The maximum absolute atomic E-state index is 8.76. The Labute approximate surface area is 77.4 Å². The summed E-state index contributed by atoms with van der Waals surface area (Å²) in [5, 5.41) is 8.76. The maximum atomic E-state index is 8.76. The molecule has 0 amide bonds. The molecule has 0 fully saturated rings. The first-order chi connectivity index (χ1) is 5.83. The molecule has 12 heavy (non-hydrogen) atoms. The van der Waals surface area contributed by atoms with Crippen molar-refractivity contribution in [3.8, 4) is 6.07 Å². The molecule has 2 aromatic heterocycles. The summed E-state index contributed by atoms with van der Waals surface area (Å²) in [6.45, 7) is 0. The van der Waals surface area contributed by atoms with Crippen molar-refractivity contribution in [2.45, 2.75) is 0 Å². The molecule has 0 radical (unpaired) electrons. The topological polar surface area (TPSA) is 41.1 Å². The molecule has 2 heterocycles. The lowest BCUT2D eigenvalue weighted by Crippen LogP contribution is -1.90. The standard InChI is InChI=1S/C8H4BrN3/c9-7-5-11-8-3-1-2-6(4-10)12(7)8/h1-3,5H. The number of imidazole rings is 1. The number of rotatable bonds is 0. The number of aromatic nitrogens is 2. The zero-order chi connectivity index (χ0) is 8.55. The molecule has 2 aromatic rings. The van der Waals surface area contributed by atoms with Crippen molar-refractivity contribution < 1.29 is 0 Å². The summed E-state index contributed by atoms with van der Waals surface area (Å²) in [5.74, 6) is 0.